The van der Waals surface area contributed by atoms with Crippen LogP contribution in [-0.4, -0.2) is 16.2 Å². The molecule has 1 heterocycles. The van der Waals surface area contributed by atoms with Crippen LogP contribution >= 0.6 is 0 Å². The standard InChI is InChI=1S/C13H14O4/c14-10-3-2-8-6-17-7-9(8)11(10)13(12(15)16)4-1-5-13/h2-3,14H,1,4-7H2,(H,15,16). The van der Waals surface area contributed by atoms with Gasteiger partial charge in [0.05, 0.1) is 18.6 Å². The smallest absolute Gasteiger partial charge is 0.314 e. The largest absolute Gasteiger partial charge is 0.508 e. The first kappa shape index (κ1) is 10.6. The van der Waals surface area contributed by atoms with Gasteiger partial charge in [0.2, 0.25) is 0 Å². The highest BCUT2D eigenvalue weighted by atomic mass is 16.5. The summed E-state index contributed by atoms with van der Waals surface area (Å²) in [5.74, 6) is -0.740. The minimum Gasteiger partial charge on any atom is -0.508 e. The van der Waals surface area contributed by atoms with Crippen molar-refractivity contribution in [2.24, 2.45) is 0 Å². The number of benzene rings is 1. The molecule has 1 aromatic carbocycles. The van der Waals surface area contributed by atoms with Crippen molar-refractivity contribution in [2.75, 3.05) is 0 Å². The maximum atomic E-state index is 11.5. The number of phenolic OH excluding ortho intramolecular Hbond substituents is 1. The monoisotopic (exact) mass is 234 g/mol. The second-order valence-electron chi connectivity index (χ2n) is 4.83. The third kappa shape index (κ3) is 1.30. The van der Waals surface area contributed by atoms with Crippen molar-refractivity contribution >= 4 is 5.97 Å². The number of carboxylic acids is 1. The van der Waals surface area contributed by atoms with Crippen molar-refractivity contribution in [3.8, 4) is 5.75 Å². The summed E-state index contributed by atoms with van der Waals surface area (Å²) >= 11 is 0. The van der Waals surface area contributed by atoms with Crippen molar-refractivity contribution in [3.05, 3.63) is 28.8 Å². The fourth-order valence-electron chi connectivity index (χ4n) is 2.88. The van der Waals surface area contributed by atoms with E-state index in [0.29, 0.717) is 31.6 Å². The topological polar surface area (TPSA) is 66.8 Å². The number of phenols is 1. The molecule has 0 radical (unpaired) electrons. The quantitative estimate of drug-likeness (QED) is 0.820. The van der Waals surface area contributed by atoms with E-state index >= 15 is 0 Å². The summed E-state index contributed by atoms with van der Waals surface area (Å²) in [5, 5.41) is 19.4. The first-order valence-electron chi connectivity index (χ1n) is 5.80. The lowest BCUT2D eigenvalue weighted by molar-refractivity contribution is -0.147. The number of carbonyl (C=O) groups is 1. The number of rotatable bonds is 2. The summed E-state index contributed by atoms with van der Waals surface area (Å²) in [6.07, 6.45) is 2.11. The zero-order valence-corrected chi connectivity index (χ0v) is 9.40. The van der Waals surface area contributed by atoms with Crippen molar-refractivity contribution in [1.82, 2.24) is 0 Å². The Hall–Kier alpha value is -1.55. The van der Waals surface area contributed by atoms with Crippen LogP contribution in [0.15, 0.2) is 12.1 Å². The molecule has 0 bridgehead atoms. The molecule has 2 aliphatic rings. The van der Waals surface area contributed by atoms with Gasteiger partial charge in [0.25, 0.3) is 0 Å². The first-order valence-corrected chi connectivity index (χ1v) is 5.80. The van der Waals surface area contributed by atoms with E-state index in [-0.39, 0.29) is 5.75 Å². The molecule has 1 aliphatic heterocycles. The van der Waals surface area contributed by atoms with Crippen LogP contribution in [0.25, 0.3) is 0 Å². The number of ether oxygens (including phenoxy) is 1. The molecule has 0 aromatic heterocycles. The summed E-state index contributed by atoms with van der Waals surface area (Å²) < 4.78 is 5.35. The molecule has 1 aromatic rings. The maximum absolute atomic E-state index is 11.5. The Balaban J connectivity index is 2.20. The van der Waals surface area contributed by atoms with Crippen LogP contribution in [0.1, 0.15) is 36.0 Å². The molecule has 1 saturated carbocycles. The Morgan fingerprint density at radius 3 is 2.65 bits per heavy atom. The minimum absolute atomic E-state index is 0.0938. The fraction of sp³-hybridized carbons (Fsp3) is 0.462. The van der Waals surface area contributed by atoms with Gasteiger partial charge in [-0.25, -0.2) is 0 Å². The van der Waals surface area contributed by atoms with Gasteiger partial charge in [0, 0.05) is 5.56 Å². The lowest BCUT2D eigenvalue weighted by Gasteiger charge is -2.39. The Morgan fingerprint density at radius 2 is 2.06 bits per heavy atom. The molecule has 2 N–H and O–H groups in total. The lowest BCUT2D eigenvalue weighted by Crippen LogP contribution is -2.43. The van der Waals surface area contributed by atoms with Gasteiger partial charge in [-0.15, -0.1) is 0 Å². The first-order chi connectivity index (χ1) is 8.15. The van der Waals surface area contributed by atoms with Gasteiger partial charge in [-0.05, 0) is 30.0 Å². The summed E-state index contributed by atoms with van der Waals surface area (Å²) in [7, 11) is 0. The molecular formula is C13H14O4. The predicted octanol–water partition coefficient (Wildman–Crippen LogP) is 1.93. The Morgan fingerprint density at radius 1 is 1.29 bits per heavy atom. The highest BCUT2D eigenvalue weighted by Crippen LogP contribution is 2.50. The zero-order chi connectivity index (χ0) is 12.0. The van der Waals surface area contributed by atoms with Crippen LogP contribution < -0.4 is 0 Å². The van der Waals surface area contributed by atoms with Crippen LogP contribution in [0.3, 0.4) is 0 Å². The van der Waals surface area contributed by atoms with E-state index in [9.17, 15) is 15.0 Å². The van der Waals surface area contributed by atoms with Gasteiger partial charge in [-0.2, -0.15) is 0 Å². The van der Waals surface area contributed by atoms with Gasteiger partial charge >= 0.3 is 5.97 Å². The summed E-state index contributed by atoms with van der Waals surface area (Å²) in [5.41, 5.74) is 1.59. The van der Waals surface area contributed by atoms with Gasteiger partial charge < -0.3 is 14.9 Å². The van der Waals surface area contributed by atoms with E-state index in [1.807, 2.05) is 6.07 Å². The minimum atomic E-state index is -0.886. The maximum Gasteiger partial charge on any atom is 0.314 e. The van der Waals surface area contributed by atoms with E-state index in [1.165, 1.54) is 0 Å². The molecule has 1 aliphatic carbocycles. The van der Waals surface area contributed by atoms with E-state index in [1.54, 1.807) is 6.07 Å². The van der Waals surface area contributed by atoms with Crippen LogP contribution in [0.4, 0.5) is 0 Å². The molecule has 4 heteroatoms. The number of hydrogen-bond donors (Lipinski definition) is 2. The molecule has 3 rings (SSSR count). The molecule has 0 saturated heterocycles. The highest BCUT2D eigenvalue weighted by Gasteiger charge is 2.49. The van der Waals surface area contributed by atoms with E-state index in [4.69, 9.17) is 4.74 Å². The van der Waals surface area contributed by atoms with Gasteiger partial charge in [-0.1, -0.05) is 12.5 Å². The van der Waals surface area contributed by atoms with Crippen molar-refractivity contribution in [2.45, 2.75) is 37.9 Å². The van der Waals surface area contributed by atoms with Crippen molar-refractivity contribution < 1.29 is 19.7 Å². The fourth-order valence-corrected chi connectivity index (χ4v) is 2.88. The Kier molecular flexibility index (Phi) is 2.16. The number of fused-ring (bicyclic) bond motifs is 1. The molecule has 90 valence electrons. The summed E-state index contributed by atoms with van der Waals surface area (Å²) in [4.78, 5) is 11.5. The summed E-state index contributed by atoms with van der Waals surface area (Å²) in [6, 6.07) is 3.40. The number of aliphatic carboxylic acids is 1. The third-order valence-electron chi connectivity index (χ3n) is 3.99. The number of aromatic hydroxyl groups is 1. The molecule has 0 atom stereocenters. The SMILES string of the molecule is O=C(O)C1(c2c(O)ccc3c2COC3)CCC1. The number of carboxylic acid groups (broad SMARTS) is 1. The molecule has 0 amide bonds. The summed E-state index contributed by atoms with van der Waals surface area (Å²) in [6.45, 7) is 0.923. The van der Waals surface area contributed by atoms with Gasteiger partial charge in [-0.3, -0.25) is 4.79 Å². The third-order valence-corrected chi connectivity index (χ3v) is 3.99. The van der Waals surface area contributed by atoms with Gasteiger partial charge in [0.1, 0.15) is 5.75 Å². The second kappa shape index (κ2) is 3.47. The average molecular weight is 234 g/mol. The van der Waals surface area contributed by atoms with Crippen LogP contribution in [-0.2, 0) is 28.2 Å². The lowest BCUT2D eigenvalue weighted by atomic mass is 9.63. The molecule has 0 spiro atoms. The molecule has 0 unspecified atom stereocenters. The Bertz CT molecular complexity index is 488. The molecule has 1 fully saturated rings. The predicted molar refractivity (Wildman–Crippen MR) is 59.8 cm³/mol. The number of hydrogen-bond acceptors (Lipinski definition) is 3. The normalized spacial score (nSPS) is 20.7. The van der Waals surface area contributed by atoms with Gasteiger partial charge in [0.15, 0.2) is 0 Å². The van der Waals surface area contributed by atoms with Crippen LogP contribution in [0, 0.1) is 0 Å². The zero-order valence-electron chi connectivity index (χ0n) is 9.40. The molecular weight excluding hydrogens is 220 g/mol. The Labute approximate surface area is 98.8 Å². The van der Waals surface area contributed by atoms with E-state index in [2.05, 4.69) is 0 Å². The van der Waals surface area contributed by atoms with E-state index < -0.39 is 11.4 Å². The molecule has 17 heavy (non-hydrogen) atoms. The average Bonchev–Trinajstić information content (AvgIpc) is 2.67. The van der Waals surface area contributed by atoms with Crippen LogP contribution in [0.5, 0.6) is 5.75 Å². The van der Waals surface area contributed by atoms with Crippen molar-refractivity contribution in [1.29, 1.82) is 0 Å². The van der Waals surface area contributed by atoms with E-state index in [0.717, 1.165) is 17.5 Å². The second-order valence-corrected chi connectivity index (χ2v) is 4.83. The molecule has 4 nitrogen and oxygen atoms in total. The van der Waals surface area contributed by atoms with Crippen molar-refractivity contribution in [3.63, 3.8) is 0 Å². The van der Waals surface area contributed by atoms with Crippen LogP contribution in [0.2, 0.25) is 0 Å². The highest BCUT2D eigenvalue weighted by molar-refractivity contribution is 5.84.